The van der Waals surface area contributed by atoms with Crippen LogP contribution in [0.5, 0.6) is 5.75 Å². The minimum Gasteiger partial charge on any atom is -0.483 e. The Morgan fingerprint density at radius 1 is 1.15 bits per heavy atom. The third-order valence-corrected chi connectivity index (χ3v) is 5.13. The molecule has 1 amide bonds. The van der Waals surface area contributed by atoms with Crippen LogP contribution in [0.25, 0.3) is 0 Å². The Balaban J connectivity index is 1.41. The Morgan fingerprint density at radius 3 is 2.56 bits per heavy atom. The van der Waals surface area contributed by atoms with E-state index >= 15 is 0 Å². The summed E-state index contributed by atoms with van der Waals surface area (Å²) in [6.07, 6.45) is 0. The molecule has 5 nitrogen and oxygen atoms in total. The van der Waals surface area contributed by atoms with Crippen LogP contribution in [0.3, 0.4) is 0 Å². The number of amides is 1. The van der Waals surface area contributed by atoms with Gasteiger partial charge >= 0.3 is 0 Å². The van der Waals surface area contributed by atoms with Gasteiger partial charge in [0.05, 0.1) is 17.7 Å². The predicted molar refractivity (Wildman–Crippen MR) is 109 cm³/mol. The first-order valence-corrected chi connectivity index (χ1v) is 10.00. The highest BCUT2D eigenvalue weighted by atomic mass is 79.9. The van der Waals surface area contributed by atoms with Gasteiger partial charge in [0.1, 0.15) is 5.75 Å². The third-order valence-electron chi connectivity index (χ3n) is 4.28. The zero-order chi connectivity index (χ0) is 19.1. The molecule has 0 atom stereocenters. The standard InChI is InChI=1S/C20H22BrClN2O3/c21-18-11-17(22)5-6-19(18)27-14-20(25)23-12-15-1-3-16(4-2-15)13-24-7-9-26-10-8-24/h1-6,11H,7-10,12-14H2,(H,23,25). The number of morpholine rings is 1. The Morgan fingerprint density at radius 2 is 1.85 bits per heavy atom. The van der Waals surface area contributed by atoms with Crippen molar-refractivity contribution in [2.75, 3.05) is 32.9 Å². The molecular formula is C20H22BrClN2O3. The van der Waals surface area contributed by atoms with E-state index in [1.54, 1.807) is 18.2 Å². The monoisotopic (exact) mass is 452 g/mol. The predicted octanol–water partition coefficient (Wildman–Crippen LogP) is 3.63. The molecule has 1 aliphatic heterocycles. The van der Waals surface area contributed by atoms with Crippen molar-refractivity contribution < 1.29 is 14.3 Å². The Hall–Kier alpha value is -1.60. The van der Waals surface area contributed by atoms with Crippen LogP contribution >= 0.6 is 27.5 Å². The van der Waals surface area contributed by atoms with Gasteiger partial charge in [0, 0.05) is 31.2 Å². The number of rotatable bonds is 7. The lowest BCUT2D eigenvalue weighted by molar-refractivity contribution is -0.123. The maximum Gasteiger partial charge on any atom is 0.258 e. The zero-order valence-electron chi connectivity index (χ0n) is 14.9. The third kappa shape index (κ3) is 6.50. The van der Waals surface area contributed by atoms with Crippen LogP contribution in [0.2, 0.25) is 5.02 Å². The molecule has 1 fully saturated rings. The lowest BCUT2D eigenvalue weighted by Crippen LogP contribution is -2.35. The Labute approximate surface area is 172 Å². The molecule has 7 heteroatoms. The summed E-state index contributed by atoms with van der Waals surface area (Å²) in [5.74, 6) is 0.413. The van der Waals surface area contributed by atoms with Crippen LogP contribution in [0.15, 0.2) is 46.9 Å². The summed E-state index contributed by atoms with van der Waals surface area (Å²) < 4.78 is 11.6. The second-order valence-corrected chi connectivity index (χ2v) is 7.64. The highest BCUT2D eigenvalue weighted by Gasteiger charge is 2.11. The average molecular weight is 454 g/mol. The fraction of sp³-hybridized carbons (Fsp3) is 0.350. The van der Waals surface area contributed by atoms with Crippen LogP contribution < -0.4 is 10.1 Å². The minimum atomic E-state index is -0.172. The molecule has 27 heavy (non-hydrogen) atoms. The molecule has 0 spiro atoms. The van der Waals surface area contributed by atoms with E-state index in [-0.39, 0.29) is 12.5 Å². The van der Waals surface area contributed by atoms with E-state index in [0.29, 0.717) is 17.3 Å². The number of hydrogen-bond acceptors (Lipinski definition) is 4. The second-order valence-electron chi connectivity index (χ2n) is 6.35. The number of carbonyl (C=O) groups is 1. The first-order chi connectivity index (χ1) is 13.1. The quantitative estimate of drug-likeness (QED) is 0.695. The van der Waals surface area contributed by atoms with E-state index in [1.807, 2.05) is 12.1 Å². The van der Waals surface area contributed by atoms with Crippen molar-refractivity contribution >= 4 is 33.4 Å². The second kappa shape index (κ2) is 10.1. The van der Waals surface area contributed by atoms with E-state index < -0.39 is 0 Å². The van der Waals surface area contributed by atoms with E-state index in [1.165, 1.54) is 5.56 Å². The maximum absolute atomic E-state index is 12.0. The van der Waals surface area contributed by atoms with Crippen molar-refractivity contribution in [3.63, 3.8) is 0 Å². The van der Waals surface area contributed by atoms with Crippen LogP contribution in [-0.4, -0.2) is 43.7 Å². The Bertz CT molecular complexity index is 764. The molecule has 0 unspecified atom stereocenters. The number of hydrogen-bond donors (Lipinski definition) is 1. The molecule has 1 N–H and O–H groups in total. The topological polar surface area (TPSA) is 50.8 Å². The summed E-state index contributed by atoms with van der Waals surface area (Å²) in [4.78, 5) is 14.4. The lowest BCUT2D eigenvalue weighted by Gasteiger charge is -2.26. The molecule has 0 bridgehead atoms. The van der Waals surface area contributed by atoms with Gasteiger partial charge in [0.15, 0.2) is 6.61 Å². The van der Waals surface area contributed by atoms with Crippen LogP contribution in [0.4, 0.5) is 0 Å². The van der Waals surface area contributed by atoms with Gasteiger partial charge in [-0.05, 0) is 45.3 Å². The molecule has 1 saturated heterocycles. The summed E-state index contributed by atoms with van der Waals surface area (Å²) in [6.45, 7) is 4.91. The summed E-state index contributed by atoms with van der Waals surface area (Å²) in [6, 6.07) is 13.5. The van der Waals surface area contributed by atoms with Crippen molar-refractivity contribution in [1.29, 1.82) is 0 Å². The molecule has 0 saturated carbocycles. The van der Waals surface area contributed by atoms with Gasteiger partial charge in [-0.3, -0.25) is 9.69 Å². The SMILES string of the molecule is O=C(COc1ccc(Cl)cc1Br)NCc1ccc(CN2CCOCC2)cc1. The summed E-state index contributed by atoms with van der Waals surface area (Å²) >= 11 is 9.25. The average Bonchev–Trinajstić information content (AvgIpc) is 2.67. The highest BCUT2D eigenvalue weighted by Crippen LogP contribution is 2.27. The van der Waals surface area contributed by atoms with E-state index in [9.17, 15) is 4.79 Å². The van der Waals surface area contributed by atoms with Gasteiger partial charge < -0.3 is 14.8 Å². The van der Waals surface area contributed by atoms with Gasteiger partial charge in [-0.1, -0.05) is 35.9 Å². The molecule has 2 aromatic rings. The summed E-state index contributed by atoms with van der Waals surface area (Å²) in [5.41, 5.74) is 2.32. The van der Waals surface area contributed by atoms with E-state index in [4.69, 9.17) is 21.1 Å². The number of ether oxygens (including phenoxy) is 2. The minimum absolute atomic E-state index is 0.0463. The molecule has 1 aliphatic rings. The van der Waals surface area contributed by atoms with Crippen LogP contribution in [0.1, 0.15) is 11.1 Å². The smallest absolute Gasteiger partial charge is 0.258 e. The van der Waals surface area contributed by atoms with Gasteiger partial charge in [-0.2, -0.15) is 0 Å². The van der Waals surface area contributed by atoms with Crippen LogP contribution in [0, 0.1) is 0 Å². The molecule has 144 valence electrons. The Kier molecular flexibility index (Phi) is 7.52. The maximum atomic E-state index is 12.0. The fourth-order valence-corrected chi connectivity index (χ4v) is 3.56. The summed E-state index contributed by atoms with van der Waals surface area (Å²) in [5, 5.41) is 3.48. The first-order valence-electron chi connectivity index (χ1n) is 8.82. The van der Waals surface area contributed by atoms with Crippen molar-refractivity contribution in [2.45, 2.75) is 13.1 Å². The van der Waals surface area contributed by atoms with E-state index in [2.05, 4.69) is 38.3 Å². The van der Waals surface area contributed by atoms with Gasteiger partial charge in [0.25, 0.3) is 5.91 Å². The first kappa shape index (κ1) is 20.1. The van der Waals surface area contributed by atoms with Crippen molar-refractivity contribution in [3.8, 4) is 5.75 Å². The number of halogens is 2. The van der Waals surface area contributed by atoms with Crippen LogP contribution in [-0.2, 0) is 22.6 Å². The van der Waals surface area contributed by atoms with Gasteiger partial charge in [-0.25, -0.2) is 0 Å². The molecule has 0 radical (unpaired) electrons. The number of carbonyl (C=O) groups excluding carboxylic acids is 1. The molecule has 0 aliphatic carbocycles. The fourth-order valence-electron chi connectivity index (χ4n) is 2.77. The highest BCUT2D eigenvalue weighted by molar-refractivity contribution is 9.10. The number of nitrogens with one attached hydrogen (secondary N) is 1. The number of nitrogens with zero attached hydrogens (tertiary/aromatic N) is 1. The number of benzene rings is 2. The normalized spacial score (nSPS) is 14.7. The van der Waals surface area contributed by atoms with Crippen molar-refractivity contribution in [1.82, 2.24) is 10.2 Å². The lowest BCUT2D eigenvalue weighted by atomic mass is 10.1. The molecule has 1 heterocycles. The summed E-state index contributed by atoms with van der Waals surface area (Å²) in [7, 11) is 0. The van der Waals surface area contributed by atoms with Crippen molar-refractivity contribution in [3.05, 3.63) is 63.1 Å². The molecule has 2 aromatic carbocycles. The molecule has 0 aromatic heterocycles. The largest absolute Gasteiger partial charge is 0.483 e. The van der Waals surface area contributed by atoms with Gasteiger partial charge in [0.2, 0.25) is 0 Å². The van der Waals surface area contributed by atoms with Crippen molar-refractivity contribution in [2.24, 2.45) is 0 Å². The van der Waals surface area contributed by atoms with Gasteiger partial charge in [-0.15, -0.1) is 0 Å². The van der Waals surface area contributed by atoms with E-state index in [0.717, 1.165) is 42.9 Å². The molecule has 3 rings (SSSR count). The zero-order valence-corrected chi connectivity index (χ0v) is 17.3. The molecular weight excluding hydrogens is 432 g/mol.